The van der Waals surface area contributed by atoms with Gasteiger partial charge in [0.2, 0.25) is 0 Å². The second-order valence-electron chi connectivity index (χ2n) is 9.85. The second kappa shape index (κ2) is 9.48. The van der Waals surface area contributed by atoms with Crippen LogP contribution in [0, 0.1) is 0 Å². The van der Waals surface area contributed by atoms with E-state index in [4.69, 9.17) is 0 Å². The normalized spacial score (nSPS) is 18.0. The number of phenols is 1. The summed E-state index contributed by atoms with van der Waals surface area (Å²) in [6.07, 6.45) is 9.06. The van der Waals surface area contributed by atoms with E-state index in [9.17, 15) is 5.11 Å². The van der Waals surface area contributed by atoms with Gasteiger partial charge in [-0.25, -0.2) is 9.98 Å². The van der Waals surface area contributed by atoms with Gasteiger partial charge >= 0.3 is 0 Å². The molecule has 0 saturated heterocycles. The maximum Gasteiger partial charge on any atom is 0.175 e. The molecule has 0 aliphatic carbocycles. The number of fused-ring (bicyclic) bond motifs is 1. The van der Waals surface area contributed by atoms with E-state index in [0.717, 1.165) is 47.7 Å². The van der Waals surface area contributed by atoms with E-state index >= 15 is 0 Å². The standard InChI is InChI=1S/C24H33N3OS.H2O/c1-23(2,3)18-13-17(14-19(21(18)28)24(4,5)6)29-12-8-7-9-16-10-11-20-22(27-16)26-15-25-20;/h10-11,13-16,28H,7-9,12H2,1-6H3;1H2. The molecule has 1 aromatic carbocycles. The molecule has 0 amide bonds. The quantitative estimate of drug-likeness (QED) is 0.495. The highest BCUT2D eigenvalue weighted by Crippen LogP contribution is 2.41. The van der Waals surface area contributed by atoms with Crippen molar-refractivity contribution in [3.8, 4) is 5.75 Å². The number of aromatic hydroxyl groups is 1. The Morgan fingerprint density at radius 2 is 1.63 bits per heavy atom. The highest BCUT2D eigenvalue weighted by Gasteiger charge is 2.26. The smallest absolute Gasteiger partial charge is 0.175 e. The third-order valence-electron chi connectivity index (χ3n) is 5.23. The van der Waals surface area contributed by atoms with Crippen molar-refractivity contribution in [2.75, 3.05) is 5.75 Å². The summed E-state index contributed by atoms with van der Waals surface area (Å²) in [6, 6.07) is 4.56. The summed E-state index contributed by atoms with van der Waals surface area (Å²) in [6.45, 7) is 13.0. The third-order valence-corrected chi connectivity index (χ3v) is 6.29. The lowest BCUT2D eigenvalue weighted by Gasteiger charge is -2.28. The van der Waals surface area contributed by atoms with Crippen molar-refractivity contribution in [1.29, 1.82) is 0 Å². The zero-order valence-corrected chi connectivity index (χ0v) is 19.8. The van der Waals surface area contributed by atoms with Gasteiger partial charge in [0.25, 0.3) is 0 Å². The summed E-state index contributed by atoms with van der Waals surface area (Å²) in [5, 5.41) is 10.9. The van der Waals surface area contributed by atoms with Crippen LogP contribution in [-0.2, 0) is 10.8 Å². The molecule has 1 unspecified atom stereocenters. The molecule has 0 radical (unpaired) electrons. The summed E-state index contributed by atoms with van der Waals surface area (Å²) in [5.41, 5.74) is 2.78. The van der Waals surface area contributed by atoms with Crippen molar-refractivity contribution in [1.82, 2.24) is 0 Å². The number of hydrogen-bond acceptors (Lipinski definition) is 5. The molecule has 2 heterocycles. The largest absolute Gasteiger partial charge is 0.507 e. The molecule has 0 fully saturated rings. The van der Waals surface area contributed by atoms with Crippen LogP contribution in [-0.4, -0.2) is 40.3 Å². The number of dihydropyridines is 1. The van der Waals surface area contributed by atoms with Gasteiger partial charge in [0.15, 0.2) is 5.84 Å². The minimum absolute atomic E-state index is 0. The topological polar surface area (TPSA) is 88.8 Å². The lowest BCUT2D eigenvalue weighted by atomic mass is 9.79. The van der Waals surface area contributed by atoms with Gasteiger partial charge in [-0.05, 0) is 47.6 Å². The van der Waals surface area contributed by atoms with Gasteiger partial charge in [0.1, 0.15) is 17.8 Å². The van der Waals surface area contributed by atoms with E-state index in [1.54, 1.807) is 6.34 Å². The van der Waals surface area contributed by atoms with Gasteiger partial charge in [0, 0.05) is 16.0 Å². The number of benzene rings is 1. The Kier molecular flexibility index (Phi) is 7.69. The van der Waals surface area contributed by atoms with Gasteiger partial charge in [-0.2, -0.15) is 0 Å². The molecule has 2 aliphatic rings. The number of thioether (sulfide) groups is 1. The summed E-state index contributed by atoms with van der Waals surface area (Å²) in [5.74, 6) is 2.30. The summed E-state index contributed by atoms with van der Waals surface area (Å²) >= 11 is 1.88. The molecule has 6 heteroatoms. The molecule has 0 saturated carbocycles. The van der Waals surface area contributed by atoms with Crippen LogP contribution in [0.3, 0.4) is 0 Å². The Bertz CT molecular complexity index is 852. The molecule has 1 aromatic rings. The summed E-state index contributed by atoms with van der Waals surface area (Å²) < 4.78 is 0. The summed E-state index contributed by atoms with van der Waals surface area (Å²) in [7, 11) is 0. The predicted molar refractivity (Wildman–Crippen MR) is 130 cm³/mol. The van der Waals surface area contributed by atoms with Crippen molar-refractivity contribution in [3.05, 3.63) is 35.4 Å². The monoisotopic (exact) mass is 429 g/mol. The first kappa shape index (κ1) is 24.4. The Labute approximate surface area is 184 Å². The maximum absolute atomic E-state index is 10.9. The summed E-state index contributed by atoms with van der Waals surface area (Å²) in [4.78, 5) is 14.3. The van der Waals surface area contributed by atoms with Crippen LogP contribution >= 0.6 is 11.8 Å². The molecule has 5 nitrogen and oxygen atoms in total. The number of phenolic OH excluding ortho intramolecular Hbond substituents is 1. The molecular formula is C24H35N3O2S. The number of aliphatic imine (C=N–C) groups is 3. The fourth-order valence-corrected chi connectivity index (χ4v) is 4.52. The number of amidine groups is 1. The molecule has 0 aromatic heterocycles. The minimum Gasteiger partial charge on any atom is -0.507 e. The minimum atomic E-state index is -0.0853. The number of nitrogens with zero attached hydrogens (tertiary/aromatic N) is 3. The molecule has 0 spiro atoms. The molecule has 0 bridgehead atoms. The highest BCUT2D eigenvalue weighted by atomic mass is 32.2. The molecule has 3 rings (SSSR count). The zero-order chi connectivity index (χ0) is 21.2. The second-order valence-corrected chi connectivity index (χ2v) is 11.0. The lowest BCUT2D eigenvalue weighted by molar-refractivity contribution is 0.422. The molecule has 164 valence electrons. The van der Waals surface area contributed by atoms with Gasteiger partial charge in [-0.1, -0.05) is 54.0 Å². The Hall–Kier alpha value is -1.92. The average molecular weight is 430 g/mol. The third kappa shape index (κ3) is 5.82. The average Bonchev–Trinajstić information content (AvgIpc) is 3.08. The Morgan fingerprint density at radius 1 is 1.00 bits per heavy atom. The first-order chi connectivity index (χ1) is 13.6. The lowest BCUT2D eigenvalue weighted by Crippen LogP contribution is -2.17. The first-order valence-electron chi connectivity index (χ1n) is 10.4. The van der Waals surface area contributed by atoms with E-state index in [1.165, 1.54) is 4.90 Å². The van der Waals surface area contributed by atoms with Crippen LogP contribution in [0.1, 0.15) is 71.9 Å². The first-order valence-corrected chi connectivity index (χ1v) is 11.4. The van der Waals surface area contributed by atoms with Crippen molar-refractivity contribution in [3.63, 3.8) is 0 Å². The van der Waals surface area contributed by atoms with E-state index in [1.807, 2.05) is 17.8 Å². The molecular weight excluding hydrogens is 394 g/mol. The van der Waals surface area contributed by atoms with Gasteiger partial charge in [0.05, 0.1) is 6.04 Å². The van der Waals surface area contributed by atoms with Crippen LogP contribution in [0.4, 0.5) is 0 Å². The van der Waals surface area contributed by atoms with Crippen LogP contribution in [0.25, 0.3) is 0 Å². The van der Waals surface area contributed by atoms with Crippen LogP contribution < -0.4 is 0 Å². The van der Waals surface area contributed by atoms with Crippen molar-refractivity contribution < 1.29 is 10.6 Å². The van der Waals surface area contributed by atoms with Crippen LogP contribution in [0.5, 0.6) is 5.75 Å². The Morgan fingerprint density at radius 3 is 2.23 bits per heavy atom. The van der Waals surface area contributed by atoms with E-state index in [2.05, 4.69) is 74.7 Å². The van der Waals surface area contributed by atoms with E-state index in [0.29, 0.717) is 5.75 Å². The van der Waals surface area contributed by atoms with Gasteiger partial charge in [-0.15, -0.1) is 11.8 Å². The van der Waals surface area contributed by atoms with E-state index in [-0.39, 0.29) is 22.3 Å². The van der Waals surface area contributed by atoms with Gasteiger partial charge in [-0.3, -0.25) is 4.99 Å². The highest BCUT2D eigenvalue weighted by molar-refractivity contribution is 7.99. The maximum atomic E-state index is 10.9. The van der Waals surface area contributed by atoms with E-state index < -0.39 is 0 Å². The molecule has 2 aliphatic heterocycles. The van der Waals surface area contributed by atoms with Crippen molar-refractivity contribution in [2.45, 2.75) is 82.6 Å². The predicted octanol–water partition coefficient (Wildman–Crippen LogP) is 5.24. The molecule has 1 atom stereocenters. The zero-order valence-electron chi connectivity index (χ0n) is 19.0. The number of rotatable bonds is 6. The number of hydrogen-bond donors (Lipinski definition) is 1. The molecule has 3 N–H and O–H groups in total. The molecule has 30 heavy (non-hydrogen) atoms. The van der Waals surface area contributed by atoms with Crippen LogP contribution in [0.15, 0.2) is 44.2 Å². The number of unbranched alkanes of at least 4 members (excludes halogenated alkanes) is 1. The fourth-order valence-electron chi connectivity index (χ4n) is 3.53. The Balaban J connectivity index is 0.00000320. The van der Waals surface area contributed by atoms with Crippen molar-refractivity contribution >= 4 is 29.6 Å². The fraction of sp³-hybridized carbons (Fsp3) is 0.542. The SMILES string of the molecule is CC(C)(C)c1cc(SCCCCC2C=CC3=NC=NC3=N2)cc(C(C)(C)C)c1O.O. The van der Waals surface area contributed by atoms with Crippen LogP contribution in [0.2, 0.25) is 0 Å². The van der Waals surface area contributed by atoms with Gasteiger partial charge < -0.3 is 10.6 Å². The van der Waals surface area contributed by atoms with Crippen molar-refractivity contribution in [2.24, 2.45) is 15.0 Å².